The molecular weight excluding hydrogens is 416 g/mol. The Kier molecular flexibility index (Phi) is 9.73. The second kappa shape index (κ2) is 12.0. The van der Waals surface area contributed by atoms with E-state index in [1.54, 1.807) is 16.7 Å². The largest absolute Gasteiger partial charge is 0.352 e. The van der Waals surface area contributed by atoms with Crippen LogP contribution in [0.25, 0.3) is 0 Å². The normalized spacial score (nSPS) is 11.9. The maximum Gasteiger partial charge on any atom is 0.243 e. The number of nitrogens with one attached hydrogen (secondary N) is 1. The van der Waals surface area contributed by atoms with Crippen molar-refractivity contribution < 1.29 is 9.59 Å². The molecule has 162 valence electrons. The predicted octanol–water partition coefficient (Wildman–Crippen LogP) is 5.46. The van der Waals surface area contributed by atoms with Gasteiger partial charge in [0, 0.05) is 34.7 Å². The lowest BCUT2D eigenvalue weighted by Crippen LogP contribution is -2.50. The minimum atomic E-state index is -0.527. The van der Waals surface area contributed by atoms with Crippen molar-refractivity contribution in [2.75, 3.05) is 5.75 Å². The number of carbonyl (C=O) groups is 2. The van der Waals surface area contributed by atoms with Crippen molar-refractivity contribution in [3.05, 3.63) is 64.7 Å². The van der Waals surface area contributed by atoms with Crippen LogP contribution >= 0.6 is 23.4 Å². The molecule has 0 aromatic heterocycles. The lowest BCUT2D eigenvalue weighted by atomic mass is 10.1. The second-order valence-electron chi connectivity index (χ2n) is 7.61. The minimum Gasteiger partial charge on any atom is -0.352 e. The molecule has 0 spiro atoms. The average Bonchev–Trinajstić information content (AvgIpc) is 2.70. The van der Waals surface area contributed by atoms with Gasteiger partial charge in [-0.3, -0.25) is 9.59 Å². The molecule has 2 rings (SSSR count). The third kappa shape index (κ3) is 7.37. The van der Waals surface area contributed by atoms with Gasteiger partial charge in [0.2, 0.25) is 11.8 Å². The molecule has 6 heteroatoms. The number of nitrogens with zero attached hydrogens (tertiary/aromatic N) is 1. The lowest BCUT2D eigenvalue weighted by Gasteiger charge is -2.31. The molecule has 2 amide bonds. The molecular formula is C24H31ClN2O2S. The molecule has 1 N–H and O–H groups in total. The van der Waals surface area contributed by atoms with Crippen LogP contribution < -0.4 is 5.32 Å². The number of hydrogen-bond donors (Lipinski definition) is 1. The van der Waals surface area contributed by atoms with E-state index in [2.05, 4.69) is 36.5 Å². The summed E-state index contributed by atoms with van der Waals surface area (Å²) in [5, 5.41) is 3.55. The van der Waals surface area contributed by atoms with Crippen LogP contribution in [0.15, 0.2) is 53.4 Å². The van der Waals surface area contributed by atoms with E-state index in [1.807, 2.05) is 45.0 Å². The van der Waals surface area contributed by atoms with E-state index in [1.165, 1.54) is 5.56 Å². The van der Waals surface area contributed by atoms with Crippen LogP contribution in [0.5, 0.6) is 0 Å². The summed E-state index contributed by atoms with van der Waals surface area (Å²) in [5.41, 5.74) is 2.05. The summed E-state index contributed by atoms with van der Waals surface area (Å²) in [6.07, 6.45) is 0.897. The van der Waals surface area contributed by atoms with Crippen molar-refractivity contribution in [1.82, 2.24) is 10.2 Å². The first-order chi connectivity index (χ1) is 14.3. The van der Waals surface area contributed by atoms with Gasteiger partial charge < -0.3 is 10.2 Å². The molecule has 0 bridgehead atoms. The number of rotatable bonds is 10. The smallest absolute Gasteiger partial charge is 0.243 e. The molecule has 1 unspecified atom stereocenters. The number of amides is 2. The highest BCUT2D eigenvalue weighted by atomic mass is 35.5. The summed E-state index contributed by atoms with van der Waals surface area (Å²) >= 11 is 7.99. The van der Waals surface area contributed by atoms with E-state index >= 15 is 0 Å². The van der Waals surface area contributed by atoms with Crippen LogP contribution in [-0.4, -0.2) is 34.6 Å². The Hall–Kier alpha value is -1.98. The standard InChI is InChI=1S/C24H31ClN2O2S/c1-5-22(24(29)26-17(2)3)27(16-19-8-6-7-9-21(19)25)23(28)14-15-30-20-12-10-18(4)11-13-20/h6-13,17,22H,5,14-16H2,1-4H3,(H,26,29). The molecule has 2 aromatic carbocycles. The molecule has 1 atom stereocenters. The van der Waals surface area contributed by atoms with E-state index in [9.17, 15) is 9.59 Å². The molecule has 0 fully saturated rings. The molecule has 4 nitrogen and oxygen atoms in total. The fraction of sp³-hybridized carbons (Fsp3) is 0.417. The van der Waals surface area contributed by atoms with Crippen molar-refractivity contribution >= 4 is 35.2 Å². The van der Waals surface area contributed by atoms with Crippen molar-refractivity contribution in [3.8, 4) is 0 Å². The molecule has 2 aromatic rings. The fourth-order valence-electron chi connectivity index (χ4n) is 3.14. The van der Waals surface area contributed by atoms with Crippen molar-refractivity contribution in [2.45, 2.75) is 64.1 Å². The Balaban J connectivity index is 2.13. The number of benzene rings is 2. The summed E-state index contributed by atoms with van der Waals surface area (Å²) in [7, 11) is 0. The molecule has 30 heavy (non-hydrogen) atoms. The maximum atomic E-state index is 13.2. The van der Waals surface area contributed by atoms with Crippen molar-refractivity contribution in [2.24, 2.45) is 0 Å². The van der Waals surface area contributed by atoms with E-state index < -0.39 is 6.04 Å². The van der Waals surface area contributed by atoms with E-state index in [-0.39, 0.29) is 17.9 Å². The third-order valence-electron chi connectivity index (χ3n) is 4.72. The fourth-order valence-corrected chi connectivity index (χ4v) is 4.18. The first-order valence-electron chi connectivity index (χ1n) is 10.3. The Morgan fingerprint density at radius 3 is 2.37 bits per heavy atom. The van der Waals surface area contributed by atoms with Gasteiger partial charge in [-0.05, 0) is 51.0 Å². The summed E-state index contributed by atoms with van der Waals surface area (Å²) < 4.78 is 0. The zero-order chi connectivity index (χ0) is 22.1. The highest BCUT2D eigenvalue weighted by Crippen LogP contribution is 2.23. The Bertz CT molecular complexity index is 839. The van der Waals surface area contributed by atoms with Crippen LogP contribution in [0.4, 0.5) is 0 Å². The number of aryl methyl sites for hydroxylation is 1. The molecule has 0 radical (unpaired) electrons. The lowest BCUT2D eigenvalue weighted by molar-refractivity contribution is -0.141. The summed E-state index contributed by atoms with van der Waals surface area (Å²) in [4.78, 5) is 28.8. The third-order valence-corrected chi connectivity index (χ3v) is 6.10. The first kappa shape index (κ1) is 24.3. The minimum absolute atomic E-state index is 0.0147. The van der Waals surface area contributed by atoms with Gasteiger partial charge in [0.25, 0.3) is 0 Å². The van der Waals surface area contributed by atoms with Gasteiger partial charge in [-0.1, -0.05) is 54.4 Å². The summed E-state index contributed by atoms with van der Waals surface area (Å²) in [6, 6.07) is 15.2. The molecule has 0 aliphatic heterocycles. The number of carbonyl (C=O) groups excluding carboxylic acids is 2. The van der Waals surface area contributed by atoms with Crippen LogP contribution in [0.2, 0.25) is 5.02 Å². The SMILES string of the molecule is CCC(C(=O)NC(C)C)N(Cc1ccccc1Cl)C(=O)CCSc1ccc(C)cc1. The van der Waals surface area contributed by atoms with Crippen LogP contribution in [0.3, 0.4) is 0 Å². The Morgan fingerprint density at radius 2 is 1.77 bits per heavy atom. The van der Waals surface area contributed by atoms with Crippen molar-refractivity contribution in [3.63, 3.8) is 0 Å². The molecule has 0 aliphatic rings. The van der Waals surface area contributed by atoms with Gasteiger partial charge in [-0.25, -0.2) is 0 Å². The second-order valence-corrected chi connectivity index (χ2v) is 9.19. The highest BCUT2D eigenvalue weighted by Gasteiger charge is 2.29. The van der Waals surface area contributed by atoms with E-state index in [0.717, 1.165) is 10.5 Å². The van der Waals surface area contributed by atoms with Gasteiger partial charge in [0.1, 0.15) is 6.04 Å². The van der Waals surface area contributed by atoms with Crippen LogP contribution in [0.1, 0.15) is 44.7 Å². The highest BCUT2D eigenvalue weighted by molar-refractivity contribution is 7.99. The number of thioether (sulfide) groups is 1. The molecule has 0 heterocycles. The monoisotopic (exact) mass is 446 g/mol. The van der Waals surface area contributed by atoms with Gasteiger partial charge >= 0.3 is 0 Å². The topological polar surface area (TPSA) is 49.4 Å². The Morgan fingerprint density at radius 1 is 1.10 bits per heavy atom. The number of halogens is 1. The summed E-state index contributed by atoms with van der Waals surface area (Å²) in [6.45, 7) is 8.14. The molecule has 0 saturated carbocycles. The first-order valence-corrected chi connectivity index (χ1v) is 11.7. The summed E-state index contributed by atoms with van der Waals surface area (Å²) in [5.74, 6) is 0.489. The van der Waals surface area contributed by atoms with Gasteiger partial charge in [0.05, 0.1) is 0 Å². The zero-order valence-corrected chi connectivity index (χ0v) is 19.7. The Labute approximate surface area is 189 Å². The van der Waals surface area contributed by atoms with E-state index in [4.69, 9.17) is 11.6 Å². The van der Waals surface area contributed by atoms with Gasteiger partial charge in [-0.2, -0.15) is 0 Å². The van der Waals surface area contributed by atoms with Crippen LogP contribution in [-0.2, 0) is 16.1 Å². The maximum absolute atomic E-state index is 13.2. The van der Waals surface area contributed by atoms with Crippen LogP contribution in [0, 0.1) is 6.92 Å². The van der Waals surface area contributed by atoms with E-state index in [0.29, 0.717) is 30.2 Å². The van der Waals surface area contributed by atoms with Crippen molar-refractivity contribution in [1.29, 1.82) is 0 Å². The average molecular weight is 447 g/mol. The molecule has 0 aliphatic carbocycles. The zero-order valence-electron chi connectivity index (χ0n) is 18.2. The van der Waals surface area contributed by atoms with Gasteiger partial charge in [-0.15, -0.1) is 11.8 Å². The number of hydrogen-bond acceptors (Lipinski definition) is 3. The van der Waals surface area contributed by atoms with Gasteiger partial charge in [0.15, 0.2) is 0 Å². The predicted molar refractivity (Wildman–Crippen MR) is 126 cm³/mol. The molecule has 0 saturated heterocycles. The quantitative estimate of drug-likeness (QED) is 0.493.